The van der Waals surface area contributed by atoms with Crippen molar-refractivity contribution >= 4 is 63.3 Å². The van der Waals surface area contributed by atoms with Gasteiger partial charge in [0.1, 0.15) is 22.5 Å². The molecule has 0 radical (unpaired) electrons. The van der Waals surface area contributed by atoms with Crippen LogP contribution in [0.15, 0.2) is 161 Å². The summed E-state index contributed by atoms with van der Waals surface area (Å²) in [6, 6.07) is 36.3. The highest BCUT2D eigenvalue weighted by Gasteiger charge is 2.26. The van der Waals surface area contributed by atoms with E-state index in [2.05, 4.69) is 183 Å². The summed E-state index contributed by atoms with van der Waals surface area (Å²) in [5, 5.41) is 3.49. The standard InChI is InChI=1S/C61H48O2/c1-3-4-6-13-39-14-11-16-40(30-39)41-22-23-43-32-44(25-24-42(43)31-41)45-26-28-58-54(33-45)56-36-57-55-35-47(27-29-59(55)63-61(57)37-60(56)62-58)48-20-12-21-49(38(48)2)53-34-46-15-9-10-17-50(46)51-18-7-5-8-19-52(51)53/h3-8,10-14,16-17,19-31,33-34,36-37,44,47H,9,15,18,32,35H2,1-2H3/b4-3-,13-6-. The third kappa shape index (κ3) is 6.55. The van der Waals surface area contributed by atoms with Crippen LogP contribution in [0, 0.1) is 6.92 Å². The summed E-state index contributed by atoms with van der Waals surface area (Å²) in [7, 11) is 0. The molecule has 2 heteroatoms. The van der Waals surface area contributed by atoms with Crippen LogP contribution in [0.5, 0.6) is 0 Å². The minimum atomic E-state index is 0.241. The van der Waals surface area contributed by atoms with Gasteiger partial charge < -0.3 is 8.83 Å². The normalized spacial score (nSPS) is 17.6. The molecule has 0 N–H and O–H groups in total. The van der Waals surface area contributed by atoms with Gasteiger partial charge in [-0.1, -0.05) is 134 Å². The summed E-state index contributed by atoms with van der Waals surface area (Å²) in [5.41, 5.74) is 22.8. The topological polar surface area (TPSA) is 26.3 Å². The molecule has 0 saturated carbocycles. The number of aryl methyl sites for hydroxylation is 1. The van der Waals surface area contributed by atoms with Crippen molar-refractivity contribution in [2.45, 2.75) is 57.8 Å². The number of hydrogen-bond acceptors (Lipinski definition) is 2. The maximum absolute atomic E-state index is 6.56. The molecule has 0 bridgehead atoms. The van der Waals surface area contributed by atoms with Gasteiger partial charge in [0.25, 0.3) is 0 Å². The molecule has 2 unspecified atom stereocenters. The molecule has 4 aliphatic rings. The molecule has 8 aromatic rings. The summed E-state index contributed by atoms with van der Waals surface area (Å²) >= 11 is 0. The van der Waals surface area contributed by atoms with E-state index in [9.17, 15) is 0 Å². The second kappa shape index (κ2) is 15.3. The van der Waals surface area contributed by atoms with Crippen LogP contribution in [0.2, 0.25) is 0 Å². The Balaban J connectivity index is 0.849. The SMILES string of the molecule is C/C=C\C=C/c1cccc(-c2ccc3c(c2)C=CC(c2ccc4oc5cc6oc7c(c6cc5c4c2)CC(c2cccc(-c4cc5c(c6c4C=CC=CC6)C=CCC5)c2C)C=C7)C3)c1. The number of allylic oxidation sites excluding steroid dienone is 9. The van der Waals surface area contributed by atoms with Gasteiger partial charge >= 0.3 is 0 Å². The van der Waals surface area contributed by atoms with E-state index in [-0.39, 0.29) is 11.8 Å². The number of hydrogen-bond donors (Lipinski definition) is 0. The molecule has 304 valence electrons. The second-order valence-electron chi connectivity index (χ2n) is 17.8. The van der Waals surface area contributed by atoms with Crippen molar-refractivity contribution in [1.29, 1.82) is 0 Å². The molecule has 12 rings (SSSR count). The fraction of sp³-hybridized carbons (Fsp3) is 0.148. The molecular weight excluding hydrogens is 765 g/mol. The zero-order valence-electron chi connectivity index (χ0n) is 35.8. The molecule has 6 aromatic carbocycles. The first-order chi connectivity index (χ1) is 31.1. The highest BCUT2D eigenvalue weighted by atomic mass is 16.3. The summed E-state index contributed by atoms with van der Waals surface area (Å²) in [6.45, 7) is 4.37. The summed E-state index contributed by atoms with van der Waals surface area (Å²) in [4.78, 5) is 0. The Morgan fingerprint density at radius 2 is 1.49 bits per heavy atom. The van der Waals surface area contributed by atoms with E-state index in [1.807, 2.05) is 13.0 Å². The molecule has 0 saturated heterocycles. The Hall–Kier alpha value is -7.16. The van der Waals surface area contributed by atoms with Crippen LogP contribution in [0.1, 0.15) is 92.1 Å². The van der Waals surface area contributed by atoms with Crippen LogP contribution in [-0.4, -0.2) is 0 Å². The van der Waals surface area contributed by atoms with Crippen LogP contribution >= 0.6 is 0 Å². The van der Waals surface area contributed by atoms with Crippen molar-refractivity contribution in [2.75, 3.05) is 0 Å². The van der Waals surface area contributed by atoms with E-state index in [1.165, 1.54) is 88.8 Å². The lowest BCUT2D eigenvalue weighted by atomic mass is 9.80. The summed E-state index contributed by atoms with van der Waals surface area (Å²) < 4.78 is 13.1. The molecular formula is C61H48O2. The lowest BCUT2D eigenvalue weighted by molar-refractivity contribution is 0.590. The average molecular weight is 813 g/mol. The molecule has 2 nitrogen and oxygen atoms in total. The van der Waals surface area contributed by atoms with Crippen LogP contribution < -0.4 is 0 Å². The average Bonchev–Trinajstić information content (AvgIpc) is 3.75. The highest BCUT2D eigenvalue weighted by Crippen LogP contribution is 2.44. The third-order valence-corrected chi connectivity index (χ3v) is 14.0. The molecule has 2 atom stereocenters. The van der Waals surface area contributed by atoms with Crippen molar-refractivity contribution in [2.24, 2.45) is 0 Å². The zero-order valence-corrected chi connectivity index (χ0v) is 35.8. The van der Waals surface area contributed by atoms with Gasteiger partial charge in [-0.05, 0) is 166 Å². The van der Waals surface area contributed by atoms with Crippen LogP contribution in [0.4, 0.5) is 0 Å². The largest absolute Gasteiger partial charge is 0.456 e. The minimum Gasteiger partial charge on any atom is -0.456 e. The first kappa shape index (κ1) is 37.6. The van der Waals surface area contributed by atoms with Crippen molar-refractivity contribution in [1.82, 2.24) is 0 Å². The molecule has 0 spiro atoms. The summed E-state index contributed by atoms with van der Waals surface area (Å²) in [6.07, 6.45) is 36.3. The second-order valence-corrected chi connectivity index (χ2v) is 17.8. The predicted molar refractivity (Wildman–Crippen MR) is 266 cm³/mol. The molecule has 0 amide bonds. The maximum atomic E-state index is 6.56. The van der Waals surface area contributed by atoms with Crippen molar-refractivity contribution in [3.8, 4) is 22.3 Å². The first-order valence-corrected chi connectivity index (χ1v) is 22.7. The lowest BCUT2D eigenvalue weighted by Gasteiger charge is -2.24. The van der Waals surface area contributed by atoms with Crippen molar-refractivity contribution in [3.05, 3.63) is 219 Å². The zero-order chi connectivity index (χ0) is 42.0. The van der Waals surface area contributed by atoms with Crippen LogP contribution in [-0.2, 0) is 25.7 Å². The number of rotatable bonds is 6. The lowest BCUT2D eigenvalue weighted by Crippen LogP contribution is -2.08. The molecule has 2 heterocycles. The molecule has 2 aromatic heterocycles. The quantitative estimate of drug-likeness (QED) is 0.156. The molecule has 0 fully saturated rings. The Bertz CT molecular complexity index is 3400. The Kier molecular flexibility index (Phi) is 9.15. The Labute approximate surface area is 369 Å². The highest BCUT2D eigenvalue weighted by molar-refractivity contribution is 6.10. The van der Waals surface area contributed by atoms with E-state index in [0.717, 1.165) is 65.4 Å². The van der Waals surface area contributed by atoms with Gasteiger partial charge in [-0.25, -0.2) is 0 Å². The van der Waals surface area contributed by atoms with Gasteiger partial charge in [-0.3, -0.25) is 0 Å². The number of benzene rings is 6. The summed E-state index contributed by atoms with van der Waals surface area (Å²) in [5.74, 6) is 1.49. The first-order valence-electron chi connectivity index (χ1n) is 22.7. The van der Waals surface area contributed by atoms with Crippen LogP contribution in [0.3, 0.4) is 0 Å². The van der Waals surface area contributed by atoms with E-state index >= 15 is 0 Å². The maximum Gasteiger partial charge on any atom is 0.139 e. The van der Waals surface area contributed by atoms with Gasteiger partial charge in [-0.15, -0.1) is 0 Å². The number of fused-ring (bicyclic) bond motifs is 10. The van der Waals surface area contributed by atoms with E-state index in [0.29, 0.717) is 0 Å². The van der Waals surface area contributed by atoms with E-state index in [4.69, 9.17) is 8.83 Å². The predicted octanol–water partition coefficient (Wildman–Crippen LogP) is 16.4. The van der Waals surface area contributed by atoms with Crippen LogP contribution in [0.25, 0.3) is 85.5 Å². The monoisotopic (exact) mass is 812 g/mol. The van der Waals surface area contributed by atoms with E-state index in [1.54, 1.807) is 0 Å². The molecule has 0 aliphatic heterocycles. The van der Waals surface area contributed by atoms with Gasteiger partial charge in [0.2, 0.25) is 0 Å². The third-order valence-electron chi connectivity index (χ3n) is 14.0. The number of furan rings is 2. The fourth-order valence-electron chi connectivity index (χ4n) is 10.8. The van der Waals surface area contributed by atoms with Gasteiger partial charge in [0.05, 0.1) is 0 Å². The fourth-order valence-corrected chi connectivity index (χ4v) is 10.8. The van der Waals surface area contributed by atoms with Gasteiger partial charge in [0, 0.05) is 39.6 Å². The van der Waals surface area contributed by atoms with Crippen molar-refractivity contribution < 1.29 is 8.83 Å². The minimum absolute atomic E-state index is 0.241. The van der Waals surface area contributed by atoms with E-state index < -0.39 is 0 Å². The molecule has 63 heavy (non-hydrogen) atoms. The Morgan fingerprint density at radius 3 is 2.44 bits per heavy atom. The van der Waals surface area contributed by atoms with Gasteiger partial charge in [0.15, 0.2) is 0 Å². The van der Waals surface area contributed by atoms with Gasteiger partial charge in [-0.2, -0.15) is 0 Å². The molecule has 4 aliphatic carbocycles. The smallest absolute Gasteiger partial charge is 0.139 e. The Morgan fingerprint density at radius 1 is 0.603 bits per heavy atom. The van der Waals surface area contributed by atoms with Crippen molar-refractivity contribution in [3.63, 3.8) is 0 Å².